The van der Waals surface area contributed by atoms with Crippen molar-refractivity contribution in [2.45, 2.75) is 11.8 Å². The number of nitrogens with one attached hydrogen (secondary N) is 2. The second-order valence-electron chi connectivity index (χ2n) is 6.29. The molecule has 0 saturated carbocycles. The van der Waals surface area contributed by atoms with Crippen LogP contribution in [0.5, 0.6) is 5.75 Å². The first kappa shape index (κ1) is 21.7. The lowest BCUT2D eigenvalue weighted by Crippen LogP contribution is -2.14. The van der Waals surface area contributed by atoms with E-state index < -0.39 is 20.6 Å². The molecule has 31 heavy (non-hydrogen) atoms. The molecular formula is C20H19N5O5S. The van der Waals surface area contributed by atoms with Crippen LogP contribution in [0.1, 0.15) is 12.5 Å². The Morgan fingerprint density at radius 2 is 1.81 bits per heavy atom. The van der Waals surface area contributed by atoms with Gasteiger partial charge >= 0.3 is 0 Å². The minimum Gasteiger partial charge on any atom is -0.495 e. The first-order valence-corrected chi connectivity index (χ1v) is 10.4. The summed E-state index contributed by atoms with van der Waals surface area (Å²) in [7, 11) is -2.69. The highest BCUT2D eigenvalue weighted by Crippen LogP contribution is 2.30. The highest BCUT2D eigenvalue weighted by molar-refractivity contribution is 7.92. The topological polar surface area (TPSA) is 136 Å². The Labute approximate surface area is 178 Å². The van der Waals surface area contributed by atoms with Crippen molar-refractivity contribution in [1.82, 2.24) is 4.98 Å². The van der Waals surface area contributed by atoms with Crippen LogP contribution in [0.3, 0.4) is 0 Å². The van der Waals surface area contributed by atoms with Gasteiger partial charge in [-0.25, -0.2) is 8.42 Å². The van der Waals surface area contributed by atoms with Crippen molar-refractivity contribution in [2.24, 2.45) is 5.10 Å². The fourth-order valence-corrected chi connectivity index (χ4v) is 3.75. The van der Waals surface area contributed by atoms with E-state index in [4.69, 9.17) is 4.74 Å². The molecule has 0 bridgehead atoms. The van der Waals surface area contributed by atoms with Crippen molar-refractivity contribution < 1.29 is 18.1 Å². The molecule has 0 saturated heterocycles. The number of rotatable bonds is 8. The lowest BCUT2D eigenvalue weighted by atomic mass is 10.2. The quantitative estimate of drug-likeness (QED) is 0.309. The van der Waals surface area contributed by atoms with E-state index in [9.17, 15) is 18.5 Å². The number of hydrazone groups is 1. The SMILES string of the molecule is COc1ccccc1NS(=O)(=O)c1ccc(N/N=C(/C)c2ccncc2)c([N+](=O)[O-])c1. The first-order chi connectivity index (χ1) is 14.8. The molecule has 3 rings (SSSR count). The number of hydrogen-bond acceptors (Lipinski definition) is 8. The van der Waals surface area contributed by atoms with E-state index in [0.29, 0.717) is 11.5 Å². The van der Waals surface area contributed by atoms with Crippen molar-refractivity contribution in [1.29, 1.82) is 0 Å². The largest absolute Gasteiger partial charge is 0.495 e. The third-order valence-corrected chi connectivity index (χ3v) is 5.63. The lowest BCUT2D eigenvalue weighted by Gasteiger charge is -2.12. The van der Waals surface area contributed by atoms with Gasteiger partial charge in [-0.15, -0.1) is 0 Å². The number of anilines is 2. The zero-order chi connectivity index (χ0) is 22.4. The molecule has 0 aliphatic heterocycles. The zero-order valence-corrected chi connectivity index (χ0v) is 17.5. The van der Waals surface area contributed by atoms with Gasteiger partial charge in [0.25, 0.3) is 15.7 Å². The van der Waals surface area contributed by atoms with Gasteiger partial charge in [-0.3, -0.25) is 25.2 Å². The van der Waals surface area contributed by atoms with E-state index in [-0.39, 0.29) is 16.3 Å². The molecule has 0 unspecified atom stereocenters. The second kappa shape index (κ2) is 9.22. The maximum absolute atomic E-state index is 12.8. The summed E-state index contributed by atoms with van der Waals surface area (Å²) in [6, 6.07) is 13.4. The fraction of sp³-hybridized carbons (Fsp3) is 0.100. The third-order valence-electron chi connectivity index (χ3n) is 4.27. The lowest BCUT2D eigenvalue weighted by molar-refractivity contribution is -0.384. The van der Waals surface area contributed by atoms with E-state index in [1.165, 1.54) is 25.3 Å². The highest BCUT2D eigenvalue weighted by atomic mass is 32.2. The number of nitrogens with zero attached hydrogens (tertiary/aromatic N) is 3. The smallest absolute Gasteiger partial charge is 0.295 e. The maximum Gasteiger partial charge on any atom is 0.295 e. The Balaban J connectivity index is 1.90. The summed E-state index contributed by atoms with van der Waals surface area (Å²) in [6.07, 6.45) is 3.20. The maximum atomic E-state index is 12.8. The summed E-state index contributed by atoms with van der Waals surface area (Å²) in [5.41, 5.74) is 3.82. The molecule has 0 spiro atoms. The molecule has 0 amide bonds. The van der Waals surface area contributed by atoms with Crippen LogP contribution in [0.15, 0.2) is 77.0 Å². The zero-order valence-electron chi connectivity index (χ0n) is 16.6. The van der Waals surface area contributed by atoms with Gasteiger partial charge in [0.05, 0.1) is 28.3 Å². The Hall–Kier alpha value is -3.99. The van der Waals surface area contributed by atoms with Crippen LogP contribution in [-0.2, 0) is 10.0 Å². The van der Waals surface area contributed by atoms with Crippen LogP contribution in [0.2, 0.25) is 0 Å². The molecule has 0 aliphatic rings. The number of methoxy groups -OCH3 is 1. The number of nitro groups is 1. The molecule has 0 radical (unpaired) electrons. The minimum absolute atomic E-state index is 0.0506. The molecule has 10 nitrogen and oxygen atoms in total. The van der Waals surface area contributed by atoms with Crippen molar-refractivity contribution in [3.8, 4) is 5.75 Å². The number of pyridine rings is 1. The van der Waals surface area contributed by atoms with Gasteiger partial charge in [0.2, 0.25) is 0 Å². The average Bonchev–Trinajstić information content (AvgIpc) is 2.78. The van der Waals surface area contributed by atoms with E-state index in [1.54, 1.807) is 49.6 Å². The van der Waals surface area contributed by atoms with E-state index in [0.717, 1.165) is 11.6 Å². The fourth-order valence-electron chi connectivity index (χ4n) is 2.66. The van der Waals surface area contributed by atoms with E-state index in [1.807, 2.05) is 0 Å². The van der Waals surface area contributed by atoms with Gasteiger partial charge in [-0.1, -0.05) is 12.1 Å². The predicted molar refractivity (Wildman–Crippen MR) is 117 cm³/mol. The van der Waals surface area contributed by atoms with Gasteiger partial charge in [0, 0.05) is 24.0 Å². The van der Waals surface area contributed by atoms with Crippen molar-refractivity contribution in [2.75, 3.05) is 17.3 Å². The average molecular weight is 441 g/mol. The molecule has 2 N–H and O–H groups in total. The predicted octanol–water partition coefficient (Wildman–Crippen LogP) is 3.64. The van der Waals surface area contributed by atoms with Crippen molar-refractivity contribution >= 4 is 32.8 Å². The van der Waals surface area contributed by atoms with Crippen molar-refractivity contribution in [3.05, 3.63) is 82.7 Å². The molecule has 11 heteroatoms. The van der Waals surface area contributed by atoms with Gasteiger partial charge in [-0.2, -0.15) is 5.10 Å². The van der Waals surface area contributed by atoms with Gasteiger partial charge in [0.1, 0.15) is 11.4 Å². The number of hydrogen-bond donors (Lipinski definition) is 2. The number of aromatic nitrogens is 1. The van der Waals surface area contributed by atoms with Gasteiger partial charge < -0.3 is 4.74 Å². The summed E-state index contributed by atoms with van der Waals surface area (Å²) in [6.45, 7) is 1.73. The third kappa shape index (κ3) is 5.14. The Bertz CT molecular complexity index is 1230. The summed E-state index contributed by atoms with van der Waals surface area (Å²) in [5.74, 6) is 0.319. The summed E-state index contributed by atoms with van der Waals surface area (Å²) in [4.78, 5) is 14.5. The molecular weight excluding hydrogens is 422 g/mol. The molecule has 160 valence electrons. The Morgan fingerprint density at radius 3 is 2.48 bits per heavy atom. The standard InChI is InChI=1S/C20H19N5O5S/c1-14(15-9-11-21-12-10-15)22-23-17-8-7-16(13-19(17)25(26)27)31(28,29)24-18-5-3-4-6-20(18)30-2/h3-13,23-24H,1-2H3/b22-14-. The van der Waals surface area contributed by atoms with Crippen molar-refractivity contribution in [3.63, 3.8) is 0 Å². The van der Waals surface area contributed by atoms with E-state index in [2.05, 4.69) is 20.2 Å². The van der Waals surface area contributed by atoms with Gasteiger partial charge in [0.15, 0.2) is 0 Å². The minimum atomic E-state index is -4.10. The molecule has 0 fully saturated rings. The molecule has 1 aromatic heterocycles. The van der Waals surface area contributed by atoms with Crippen LogP contribution in [0, 0.1) is 10.1 Å². The Kier molecular flexibility index (Phi) is 6.46. The van der Waals surface area contributed by atoms with Crippen LogP contribution < -0.4 is 14.9 Å². The summed E-state index contributed by atoms with van der Waals surface area (Å²) < 4.78 is 33.0. The normalized spacial score (nSPS) is 11.6. The molecule has 3 aromatic rings. The number of benzene rings is 2. The number of para-hydroxylation sites is 2. The van der Waals surface area contributed by atoms with Crippen LogP contribution in [0.25, 0.3) is 0 Å². The molecule has 0 aliphatic carbocycles. The van der Waals surface area contributed by atoms with Gasteiger partial charge in [-0.05, 0) is 43.3 Å². The van der Waals surface area contributed by atoms with Crippen LogP contribution in [-0.4, -0.2) is 31.1 Å². The monoisotopic (exact) mass is 441 g/mol. The summed E-state index contributed by atoms with van der Waals surface area (Å²) in [5, 5.41) is 15.7. The number of sulfonamides is 1. The second-order valence-corrected chi connectivity index (χ2v) is 7.97. The van der Waals surface area contributed by atoms with Crippen LogP contribution in [0.4, 0.5) is 17.1 Å². The number of ether oxygens (including phenoxy) is 1. The molecule has 0 atom stereocenters. The number of nitro benzene ring substituents is 1. The molecule has 2 aromatic carbocycles. The highest BCUT2D eigenvalue weighted by Gasteiger charge is 2.22. The van der Waals surface area contributed by atoms with E-state index >= 15 is 0 Å². The van der Waals surface area contributed by atoms with Crippen LogP contribution >= 0.6 is 0 Å². The first-order valence-electron chi connectivity index (χ1n) is 8.97. The molecule has 1 heterocycles. The Morgan fingerprint density at radius 1 is 1.10 bits per heavy atom. The summed E-state index contributed by atoms with van der Waals surface area (Å²) >= 11 is 0.